The van der Waals surface area contributed by atoms with Gasteiger partial charge < -0.3 is 20.4 Å². The van der Waals surface area contributed by atoms with E-state index in [0.29, 0.717) is 12.8 Å². The monoisotopic (exact) mass is 222 g/mol. The minimum atomic E-state index is -0.495. The van der Waals surface area contributed by atoms with Crippen molar-refractivity contribution in [3.63, 3.8) is 0 Å². The maximum atomic E-state index is 8.61. The largest absolute Gasteiger partial charge is 0.396 e. The van der Waals surface area contributed by atoms with Crippen LogP contribution in [0.4, 0.5) is 0 Å². The first-order valence-corrected chi connectivity index (χ1v) is 5.44. The molecule has 0 aromatic heterocycles. The Hall–Kier alpha value is -0.160. The van der Waals surface area contributed by atoms with Crippen molar-refractivity contribution in [3.05, 3.63) is 0 Å². The van der Waals surface area contributed by atoms with E-state index in [1.54, 1.807) is 0 Å². The van der Waals surface area contributed by atoms with Crippen molar-refractivity contribution in [2.24, 2.45) is 5.41 Å². The van der Waals surface area contributed by atoms with E-state index in [4.69, 9.17) is 20.4 Å². The van der Waals surface area contributed by atoms with E-state index in [0.717, 1.165) is 6.42 Å². The Bertz CT molecular complexity index is 126. The summed E-state index contributed by atoms with van der Waals surface area (Å²) in [7, 11) is 0. The predicted molar refractivity (Wildman–Crippen MR) is 60.6 cm³/mol. The number of hydrogen-bond donors (Lipinski definition) is 4. The van der Waals surface area contributed by atoms with Gasteiger partial charge in [0.15, 0.2) is 0 Å². The third-order valence-electron chi connectivity index (χ3n) is 2.05. The van der Waals surface area contributed by atoms with E-state index < -0.39 is 6.10 Å². The van der Waals surface area contributed by atoms with Crippen molar-refractivity contribution >= 4 is 0 Å². The zero-order valence-corrected chi connectivity index (χ0v) is 10.1. The zero-order valence-electron chi connectivity index (χ0n) is 10.1. The second kappa shape index (κ2) is 10.4. The molecule has 4 nitrogen and oxygen atoms in total. The number of aliphatic hydroxyl groups excluding tert-OH is 4. The summed E-state index contributed by atoms with van der Waals surface area (Å²) < 4.78 is 0. The molecule has 0 aromatic carbocycles. The van der Waals surface area contributed by atoms with Gasteiger partial charge in [-0.2, -0.15) is 0 Å². The average Bonchev–Trinajstić information content (AvgIpc) is 2.19. The second-order valence-electron chi connectivity index (χ2n) is 4.42. The summed E-state index contributed by atoms with van der Waals surface area (Å²) in [5, 5.41) is 33.9. The summed E-state index contributed by atoms with van der Waals surface area (Å²) in [4.78, 5) is 0. The second-order valence-corrected chi connectivity index (χ2v) is 4.42. The van der Waals surface area contributed by atoms with Crippen LogP contribution in [0.25, 0.3) is 0 Å². The molecular formula is C11H26O4. The quantitative estimate of drug-likeness (QED) is 0.528. The highest BCUT2D eigenvalue weighted by Gasteiger charge is 2.14. The average molecular weight is 222 g/mol. The van der Waals surface area contributed by atoms with E-state index in [2.05, 4.69) is 0 Å². The van der Waals surface area contributed by atoms with Crippen LogP contribution in [-0.4, -0.2) is 46.4 Å². The van der Waals surface area contributed by atoms with Gasteiger partial charge in [0.05, 0.1) is 12.7 Å². The molecule has 0 spiro atoms. The molecule has 1 atom stereocenters. The minimum absolute atomic E-state index is 0.102. The van der Waals surface area contributed by atoms with Crippen molar-refractivity contribution in [3.8, 4) is 0 Å². The van der Waals surface area contributed by atoms with Crippen molar-refractivity contribution < 1.29 is 20.4 Å². The molecule has 1 unspecified atom stereocenters. The van der Waals surface area contributed by atoms with Crippen LogP contribution in [0, 0.1) is 5.41 Å². The number of aliphatic hydroxyl groups is 4. The van der Waals surface area contributed by atoms with Crippen molar-refractivity contribution in [2.45, 2.75) is 46.1 Å². The van der Waals surface area contributed by atoms with Crippen molar-refractivity contribution in [1.29, 1.82) is 0 Å². The third-order valence-corrected chi connectivity index (χ3v) is 2.05. The van der Waals surface area contributed by atoms with Gasteiger partial charge in [-0.1, -0.05) is 27.2 Å². The van der Waals surface area contributed by atoms with Gasteiger partial charge in [-0.25, -0.2) is 0 Å². The molecule has 0 aromatic rings. The summed E-state index contributed by atoms with van der Waals surface area (Å²) in [6.45, 7) is 6.01. The lowest BCUT2D eigenvalue weighted by molar-refractivity contribution is 0.0877. The van der Waals surface area contributed by atoms with Gasteiger partial charge in [0.2, 0.25) is 0 Å². The van der Waals surface area contributed by atoms with Gasteiger partial charge in [-0.15, -0.1) is 0 Å². The minimum Gasteiger partial charge on any atom is -0.396 e. The van der Waals surface area contributed by atoms with E-state index in [1.165, 1.54) is 0 Å². The van der Waals surface area contributed by atoms with Crippen LogP contribution in [0.3, 0.4) is 0 Å². The molecule has 94 valence electrons. The van der Waals surface area contributed by atoms with Crippen molar-refractivity contribution in [1.82, 2.24) is 0 Å². The molecule has 0 amide bonds. The van der Waals surface area contributed by atoms with Gasteiger partial charge in [0, 0.05) is 13.2 Å². The van der Waals surface area contributed by atoms with Gasteiger partial charge in [-0.3, -0.25) is 0 Å². The Morgan fingerprint density at radius 3 is 1.80 bits per heavy atom. The Morgan fingerprint density at radius 1 is 1.13 bits per heavy atom. The number of hydrogen-bond acceptors (Lipinski definition) is 4. The van der Waals surface area contributed by atoms with Crippen LogP contribution in [0.5, 0.6) is 0 Å². The molecule has 0 fully saturated rings. The van der Waals surface area contributed by atoms with Crippen LogP contribution >= 0.6 is 0 Å². The fourth-order valence-electron chi connectivity index (χ4n) is 0.806. The molecule has 0 aliphatic heterocycles. The van der Waals surface area contributed by atoms with Crippen molar-refractivity contribution in [2.75, 3.05) is 19.8 Å². The predicted octanol–water partition coefficient (Wildman–Crippen LogP) is 0.527. The first kappa shape index (κ1) is 17.2. The van der Waals surface area contributed by atoms with E-state index in [9.17, 15) is 0 Å². The van der Waals surface area contributed by atoms with Crippen LogP contribution in [-0.2, 0) is 0 Å². The lowest BCUT2D eigenvalue weighted by atomic mass is 9.91. The lowest BCUT2D eigenvalue weighted by Gasteiger charge is -2.18. The lowest BCUT2D eigenvalue weighted by Crippen LogP contribution is -2.17. The summed E-state index contributed by atoms with van der Waals surface area (Å²) in [6.07, 6.45) is 1.81. The molecular weight excluding hydrogens is 196 g/mol. The van der Waals surface area contributed by atoms with Gasteiger partial charge in [-0.05, 0) is 18.3 Å². The molecule has 15 heavy (non-hydrogen) atoms. The Morgan fingerprint density at radius 2 is 1.67 bits per heavy atom. The first-order chi connectivity index (χ1) is 6.93. The number of rotatable bonds is 6. The maximum absolute atomic E-state index is 8.61. The Kier molecular flexibility index (Phi) is 11.9. The molecule has 0 aliphatic carbocycles. The topological polar surface area (TPSA) is 80.9 Å². The highest BCUT2D eigenvalue weighted by atomic mass is 16.3. The molecule has 0 saturated heterocycles. The maximum Gasteiger partial charge on any atom is 0.0770 e. The van der Waals surface area contributed by atoms with Gasteiger partial charge >= 0.3 is 0 Å². The molecule has 0 radical (unpaired) electrons. The van der Waals surface area contributed by atoms with Crippen LogP contribution in [0.1, 0.15) is 40.0 Å². The molecule has 0 aliphatic rings. The SMILES string of the molecule is CC(C)(CO)CCO.CCCC(O)CO. The molecule has 0 rings (SSSR count). The zero-order chi connectivity index (χ0) is 12.3. The highest BCUT2D eigenvalue weighted by molar-refractivity contribution is 4.64. The summed E-state index contributed by atoms with van der Waals surface area (Å²) in [6, 6.07) is 0. The fourth-order valence-corrected chi connectivity index (χ4v) is 0.806. The van der Waals surface area contributed by atoms with E-state index in [-0.39, 0.29) is 25.2 Å². The molecule has 4 heteroatoms. The Balaban J connectivity index is 0. The van der Waals surface area contributed by atoms with Gasteiger partial charge in [0.25, 0.3) is 0 Å². The third kappa shape index (κ3) is 13.8. The smallest absolute Gasteiger partial charge is 0.0770 e. The summed E-state index contributed by atoms with van der Waals surface area (Å²) >= 11 is 0. The molecule has 4 N–H and O–H groups in total. The molecule has 0 bridgehead atoms. The van der Waals surface area contributed by atoms with Crippen LogP contribution in [0.15, 0.2) is 0 Å². The summed E-state index contributed by atoms with van der Waals surface area (Å²) in [5.74, 6) is 0. The van der Waals surface area contributed by atoms with E-state index >= 15 is 0 Å². The molecule has 0 heterocycles. The van der Waals surface area contributed by atoms with Gasteiger partial charge in [0.1, 0.15) is 0 Å². The summed E-state index contributed by atoms with van der Waals surface area (Å²) in [5.41, 5.74) is -0.102. The van der Waals surface area contributed by atoms with Crippen LogP contribution < -0.4 is 0 Å². The first-order valence-electron chi connectivity index (χ1n) is 5.44. The normalized spacial score (nSPS) is 13.0. The standard InChI is InChI=1S/C6H14O2.C5H12O2/c1-6(2,5-8)3-4-7;1-2-3-5(7)4-6/h7-8H,3-5H2,1-2H3;5-7H,2-4H2,1H3. The van der Waals surface area contributed by atoms with E-state index in [1.807, 2.05) is 20.8 Å². The van der Waals surface area contributed by atoms with Crippen LogP contribution in [0.2, 0.25) is 0 Å². The Labute approximate surface area is 92.6 Å². The molecule has 0 saturated carbocycles. The highest BCUT2D eigenvalue weighted by Crippen LogP contribution is 2.17. The fraction of sp³-hybridized carbons (Fsp3) is 1.00.